The van der Waals surface area contributed by atoms with Crippen LogP contribution in [0.15, 0.2) is 12.3 Å². The van der Waals surface area contributed by atoms with Crippen molar-refractivity contribution in [2.75, 3.05) is 34.5 Å². The molecule has 0 N–H and O–H groups in total. The number of ether oxygens (including phenoxy) is 3. The fourth-order valence-electron chi connectivity index (χ4n) is 3.44. The van der Waals surface area contributed by atoms with Crippen molar-refractivity contribution in [2.24, 2.45) is 0 Å². The molecule has 0 aromatic carbocycles. The highest BCUT2D eigenvalue weighted by Crippen LogP contribution is 2.21. The average Bonchev–Trinajstić information content (AvgIpc) is 2.96. The SMILES string of the molecule is CO[C@H]1[C@H](N(C)Cc2cnn3c(C)cc(C)nc23)COC[C@H]1OC. The number of hydrogen-bond acceptors (Lipinski definition) is 6. The van der Waals surface area contributed by atoms with Crippen LogP contribution in [0.1, 0.15) is 17.0 Å². The molecule has 0 radical (unpaired) electrons. The molecule has 2 aromatic heterocycles. The van der Waals surface area contributed by atoms with Gasteiger partial charge in [-0.2, -0.15) is 5.10 Å². The normalized spacial score (nSPS) is 24.8. The van der Waals surface area contributed by atoms with Crippen molar-refractivity contribution in [3.05, 3.63) is 29.2 Å². The van der Waals surface area contributed by atoms with Crippen molar-refractivity contribution in [3.63, 3.8) is 0 Å². The maximum absolute atomic E-state index is 5.70. The first-order chi connectivity index (χ1) is 11.5. The Morgan fingerprint density at radius 3 is 2.79 bits per heavy atom. The Balaban J connectivity index is 1.83. The summed E-state index contributed by atoms with van der Waals surface area (Å²) in [5, 5.41) is 4.47. The molecule has 7 heteroatoms. The van der Waals surface area contributed by atoms with Crippen molar-refractivity contribution in [1.29, 1.82) is 0 Å². The Bertz CT molecular complexity index is 702. The summed E-state index contributed by atoms with van der Waals surface area (Å²) in [6.07, 6.45) is 1.82. The molecule has 1 aliphatic heterocycles. The van der Waals surface area contributed by atoms with Crippen LogP contribution in [0.25, 0.3) is 5.65 Å². The first-order valence-electron chi connectivity index (χ1n) is 8.19. The van der Waals surface area contributed by atoms with E-state index in [0.29, 0.717) is 13.2 Å². The van der Waals surface area contributed by atoms with Gasteiger partial charge in [0.1, 0.15) is 12.2 Å². The van der Waals surface area contributed by atoms with Gasteiger partial charge in [-0.05, 0) is 27.0 Å². The molecule has 3 rings (SSSR count). The van der Waals surface area contributed by atoms with Crippen LogP contribution in [-0.4, -0.2) is 72.2 Å². The molecule has 7 nitrogen and oxygen atoms in total. The first-order valence-corrected chi connectivity index (χ1v) is 8.19. The van der Waals surface area contributed by atoms with Crippen molar-refractivity contribution >= 4 is 5.65 Å². The van der Waals surface area contributed by atoms with Crippen LogP contribution in [0.5, 0.6) is 0 Å². The average molecular weight is 334 g/mol. The molecule has 1 fully saturated rings. The van der Waals surface area contributed by atoms with Crippen LogP contribution in [0.2, 0.25) is 0 Å². The predicted molar refractivity (Wildman–Crippen MR) is 90.1 cm³/mol. The molecule has 3 heterocycles. The first kappa shape index (κ1) is 17.3. The molecule has 0 bridgehead atoms. The zero-order chi connectivity index (χ0) is 17.3. The maximum Gasteiger partial charge on any atom is 0.159 e. The van der Waals surface area contributed by atoms with E-state index in [-0.39, 0.29) is 18.2 Å². The Labute approximate surface area is 142 Å². The highest BCUT2D eigenvalue weighted by Gasteiger charge is 2.37. The molecule has 132 valence electrons. The Morgan fingerprint density at radius 2 is 2.08 bits per heavy atom. The minimum absolute atomic E-state index is 0.0213. The summed E-state index contributed by atoms with van der Waals surface area (Å²) in [7, 11) is 5.50. The van der Waals surface area contributed by atoms with Gasteiger partial charge < -0.3 is 14.2 Å². The van der Waals surface area contributed by atoms with Crippen LogP contribution >= 0.6 is 0 Å². The number of likely N-dealkylation sites (N-methyl/N-ethyl adjacent to an activating group) is 1. The van der Waals surface area contributed by atoms with E-state index in [4.69, 9.17) is 14.2 Å². The van der Waals surface area contributed by atoms with Crippen LogP contribution in [0.3, 0.4) is 0 Å². The topological polar surface area (TPSA) is 61.1 Å². The van der Waals surface area contributed by atoms with E-state index in [1.807, 2.05) is 30.6 Å². The molecular formula is C17H26N4O3. The predicted octanol–water partition coefficient (Wildman–Crippen LogP) is 1.21. The third-order valence-electron chi connectivity index (χ3n) is 4.73. The second kappa shape index (κ2) is 7.14. The summed E-state index contributed by atoms with van der Waals surface area (Å²) >= 11 is 0. The standard InChI is InChI=1S/C17H26N4O3/c1-11-6-12(2)21-17(19-11)13(7-18-21)8-20(3)14-9-24-10-15(22-4)16(14)23-5/h6-7,14-16H,8-10H2,1-5H3/t14-,15-,16+/m1/s1. The lowest BCUT2D eigenvalue weighted by molar-refractivity contribution is -0.153. The highest BCUT2D eigenvalue weighted by atomic mass is 16.6. The van der Waals surface area contributed by atoms with Gasteiger partial charge in [0.2, 0.25) is 0 Å². The minimum atomic E-state index is -0.0530. The summed E-state index contributed by atoms with van der Waals surface area (Å²) in [5.41, 5.74) is 4.09. The van der Waals surface area contributed by atoms with E-state index >= 15 is 0 Å². The van der Waals surface area contributed by atoms with Gasteiger partial charge in [0.25, 0.3) is 0 Å². The number of hydrogen-bond donors (Lipinski definition) is 0. The lowest BCUT2D eigenvalue weighted by Gasteiger charge is -2.40. The van der Waals surface area contributed by atoms with Crippen molar-refractivity contribution in [2.45, 2.75) is 38.6 Å². The lowest BCUT2D eigenvalue weighted by Crippen LogP contribution is -2.56. The minimum Gasteiger partial charge on any atom is -0.377 e. The number of rotatable bonds is 5. The number of nitrogens with zero attached hydrogens (tertiary/aromatic N) is 4. The summed E-state index contributed by atoms with van der Waals surface area (Å²) in [6, 6.07) is 2.15. The zero-order valence-corrected chi connectivity index (χ0v) is 15.0. The van der Waals surface area contributed by atoms with E-state index in [2.05, 4.69) is 22.0 Å². The molecule has 0 spiro atoms. The van der Waals surface area contributed by atoms with Gasteiger partial charge in [0.05, 0.1) is 25.5 Å². The highest BCUT2D eigenvalue weighted by molar-refractivity contribution is 5.47. The maximum atomic E-state index is 5.70. The zero-order valence-electron chi connectivity index (χ0n) is 15.0. The Hall–Kier alpha value is -1.54. The van der Waals surface area contributed by atoms with Crippen LogP contribution in [0, 0.1) is 13.8 Å². The van der Waals surface area contributed by atoms with Gasteiger partial charge in [-0.15, -0.1) is 0 Å². The third kappa shape index (κ3) is 3.17. The summed E-state index contributed by atoms with van der Waals surface area (Å²) < 4.78 is 18.8. The fraction of sp³-hybridized carbons (Fsp3) is 0.647. The third-order valence-corrected chi connectivity index (χ3v) is 4.73. The van der Waals surface area contributed by atoms with E-state index in [9.17, 15) is 0 Å². The smallest absolute Gasteiger partial charge is 0.159 e. The van der Waals surface area contributed by atoms with Gasteiger partial charge in [0, 0.05) is 37.7 Å². The molecule has 2 aromatic rings. The fourth-order valence-corrected chi connectivity index (χ4v) is 3.44. The van der Waals surface area contributed by atoms with Crippen molar-refractivity contribution < 1.29 is 14.2 Å². The van der Waals surface area contributed by atoms with Crippen molar-refractivity contribution in [3.8, 4) is 0 Å². The molecule has 0 amide bonds. The van der Waals surface area contributed by atoms with Crippen LogP contribution < -0.4 is 0 Å². The van der Waals surface area contributed by atoms with Gasteiger partial charge in [-0.1, -0.05) is 0 Å². The molecule has 24 heavy (non-hydrogen) atoms. The van der Waals surface area contributed by atoms with Gasteiger partial charge >= 0.3 is 0 Å². The largest absolute Gasteiger partial charge is 0.377 e. The second-order valence-corrected chi connectivity index (χ2v) is 6.44. The molecule has 1 aliphatic rings. The van der Waals surface area contributed by atoms with Gasteiger partial charge in [-0.3, -0.25) is 4.90 Å². The summed E-state index contributed by atoms with van der Waals surface area (Å²) in [6.45, 7) is 5.97. The summed E-state index contributed by atoms with van der Waals surface area (Å²) in [4.78, 5) is 6.88. The lowest BCUT2D eigenvalue weighted by atomic mass is 10.0. The van der Waals surface area contributed by atoms with Crippen LogP contribution in [0.4, 0.5) is 0 Å². The Kier molecular flexibility index (Phi) is 5.15. The number of aromatic nitrogens is 3. The van der Waals surface area contributed by atoms with E-state index in [0.717, 1.165) is 29.1 Å². The monoisotopic (exact) mass is 334 g/mol. The Morgan fingerprint density at radius 1 is 1.29 bits per heavy atom. The number of fused-ring (bicyclic) bond motifs is 1. The van der Waals surface area contributed by atoms with E-state index in [1.165, 1.54) is 0 Å². The van der Waals surface area contributed by atoms with Gasteiger partial charge in [-0.25, -0.2) is 9.50 Å². The molecule has 0 aliphatic carbocycles. The molecule has 0 unspecified atom stereocenters. The molecular weight excluding hydrogens is 308 g/mol. The molecule has 0 saturated carbocycles. The number of methoxy groups -OCH3 is 2. The second-order valence-electron chi connectivity index (χ2n) is 6.44. The molecule has 1 saturated heterocycles. The van der Waals surface area contributed by atoms with E-state index < -0.39 is 0 Å². The van der Waals surface area contributed by atoms with Crippen LogP contribution in [-0.2, 0) is 20.8 Å². The van der Waals surface area contributed by atoms with Crippen molar-refractivity contribution in [1.82, 2.24) is 19.5 Å². The van der Waals surface area contributed by atoms with E-state index in [1.54, 1.807) is 14.2 Å². The number of aryl methyl sites for hydroxylation is 2. The summed E-state index contributed by atoms with van der Waals surface area (Å²) in [5.74, 6) is 0. The van der Waals surface area contributed by atoms with Gasteiger partial charge in [0.15, 0.2) is 5.65 Å². The quantitative estimate of drug-likeness (QED) is 0.819. The molecule has 3 atom stereocenters.